The van der Waals surface area contributed by atoms with Gasteiger partial charge in [-0.2, -0.15) is 5.10 Å². The van der Waals surface area contributed by atoms with Crippen LogP contribution in [0.4, 0.5) is 5.69 Å². The molecule has 0 saturated carbocycles. The van der Waals surface area contributed by atoms with Crippen LogP contribution < -0.4 is 11.3 Å². The molecule has 0 radical (unpaired) electrons. The molecule has 3 rings (SSSR count). The van der Waals surface area contributed by atoms with Gasteiger partial charge in [0.1, 0.15) is 0 Å². The molecule has 0 saturated heterocycles. The Labute approximate surface area is 121 Å². The summed E-state index contributed by atoms with van der Waals surface area (Å²) in [6.45, 7) is 2.51. The van der Waals surface area contributed by atoms with E-state index >= 15 is 0 Å². The zero-order valence-electron chi connectivity index (χ0n) is 11.6. The molecule has 1 aromatic carbocycles. The lowest BCUT2D eigenvalue weighted by Crippen LogP contribution is -2.24. The van der Waals surface area contributed by atoms with Gasteiger partial charge in [0.25, 0.3) is 5.56 Å². The number of nitrogen functional groups attached to an aromatic ring is 1. The van der Waals surface area contributed by atoms with E-state index in [0.717, 1.165) is 11.1 Å². The van der Waals surface area contributed by atoms with E-state index in [1.165, 1.54) is 4.68 Å². The SMILES string of the molecule is CCn1ccnc(-n2cc(-c3ccc(N)cc3)cn2)c1=O. The molecule has 0 unspecified atom stereocenters. The normalized spacial score (nSPS) is 10.7. The Kier molecular flexibility index (Phi) is 3.27. The summed E-state index contributed by atoms with van der Waals surface area (Å²) in [4.78, 5) is 16.3. The van der Waals surface area contributed by atoms with Gasteiger partial charge in [0, 0.05) is 36.4 Å². The fourth-order valence-electron chi connectivity index (χ4n) is 2.11. The first-order chi connectivity index (χ1) is 10.2. The Balaban J connectivity index is 2.03. The van der Waals surface area contributed by atoms with Crippen molar-refractivity contribution in [2.45, 2.75) is 13.5 Å². The molecule has 21 heavy (non-hydrogen) atoms. The van der Waals surface area contributed by atoms with E-state index in [9.17, 15) is 4.79 Å². The standard InChI is InChI=1S/C15H15N5O/c1-2-19-8-7-17-14(15(19)21)20-10-12(9-18-20)11-3-5-13(16)6-4-11/h3-10H,2,16H2,1H3. The van der Waals surface area contributed by atoms with Crippen molar-refractivity contribution in [1.82, 2.24) is 19.3 Å². The van der Waals surface area contributed by atoms with Gasteiger partial charge >= 0.3 is 0 Å². The lowest BCUT2D eigenvalue weighted by molar-refractivity contribution is 0.693. The van der Waals surface area contributed by atoms with Crippen LogP contribution in [0.5, 0.6) is 0 Å². The molecule has 106 valence electrons. The molecule has 0 amide bonds. The first-order valence-corrected chi connectivity index (χ1v) is 6.65. The minimum absolute atomic E-state index is 0.160. The number of nitrogens with zero attached hydrogens (tertiary/aromatic N) is 4. The highest BCUT2D eigenvalue weighted by atomic mass is 16.1. The number of hydrogen-bond acceptors (Lipinski definition) is 4. The molecule has 0 aliphatic heterocycles. The summed E-state index contributed by atoms with van der Waals surface area (Å²) in [6, 6.07) is 7.49. The minimum atomic E-state index is -0.160. The van der Waals surface area contributed by atoms with Crippen LogP contribution in [0.3, 0.4) is 0 Å². The van der Waals surface area contributed by atoms with Gasteiger partial charge in [-0.15, -0.1) is 0 Å². The highest BCUT2D eigenvalue weighted by Crippen LogP contribution is 2.20. The van der Waals surface area contributed by atoms with Crippen molar-refractivity contribution in [3.05, 3.63) is 59.4 Å². The number of aromatic nitrogens is 4. The van der Waals surface area contributed by atoms with Crippen LogP contribution >= 0.6 is 0 Å². The van der Waals surface area contributed by atoms with Gasteiger partial charge in [0.05, 0.1) is 6.20 Å². The summed E-state index contributed by atoms with van der Waals surface area (Å²) in [6.07, 6.45) is 6.76. The van der Waals surface area contributed by atoms with Gasteiger partial charge in [-0.3, -0.25) is 4.79 Å². The number of benzene rings is 1. The summed E-state index contributed by atoms with van der Waals surface area (Å²) < 4.78 is 3.09. The van der Waals surface area contributed by atoms with E-state index in [-0.39, 0.29) is 5.56 Å². The van der Waals surface area contributed by atoms with Crippen molar-refractivity contribution in [3.63, 3.8) is 0 Å². The second kappa shape index (κ2) is 5.24. The van der Waals surface area contributed by atoms with Crippen molar-refractivity contribution in [1.29, 1.82) is 0 Å². The second-order valence-corrected chi connectivity index (χ2v) is 4.64. The fraction of sp³-hybridized carbons (Fsp3) is 0.133. The Morgan fingerprint density at radius 1 is 1.19 bits per heavy atom. The van der Waals surface area contributed by atoms with Gasteiger partial charge in [0.2, 0.25) is 5.82 Å². The molecule has 6 nitrogen and oxygen atoms in total. The first-order valence-electron chi connectivity index (χ1n) is 6.65. The van der Waals surface area contributed by atoms with Crippen LogP contribution in [-0.2, 0) is 6.54 Å². The number of aryl methyl sites for hydroxylation is 1. The van der Waals surface area contributed by atoms with E-state index in [4.69, 9.17) is 5.73 Å². The maximum Gasteiger partial charge on any atom is 0.295 e. The fourth-order valence-corrected chi connectivity index (χ4v) is 2.11. The largest absolute Gasteiger partial charge is 0.399 e. The second-order valence-electron chi connectivity index (χ2n) is 4.64. The molecular weight excluding hydrogens is 266 g/mol. The van der Waals surface area contributed by atoms with Crippen LogP contribution in [0.1, 0.15) is 6.92 Å². The Bertz CT molecular complexity index is 817. The zero-order chi connectivity index (χ0) is 14.8. The van der Waals surface area contributed by atoms with Crippen molar-refractivity contribution >= 4 is 5.69 Å². The maximum absolute atomic E-state index is 12.2. The molecule has 0 atom stereocenters. The highest BCUT2D eigenvalue weighted by Gasteiger charge is 2.09. The Morgan fingerprint density at radius 2 is 1.95 bits per heavy atom. The van der Waals surface area contributed by atoms with Crippen LogP contribution in [0, 0.1) is 0 Å². The van der Waals surface area contributed by atoms with Crippen LogP contribution in [0.2, 0.25) is 0 Å². The lowest BCUT2D eigenvalue weighted by Gasteiger charge is -2.04. The smallest absolute Gasteiger partial charge is 0.295 e. The summed E-state index contributed by atoms with van der Waals surface area (Å²) in [7, 11) is 0. The molecule has 0 fully saturated rings. The Morgan fingerprint density at radius 3 is 2.67 bits per heavy atom. The van der Waals surface area contributed by atoms with Gasteiger partial charge < -0.3 is 10.3 Å². The molecular formula is C15H15N5O. The van der Waals surface area contributed by atoms with Gasteiger partial charge in [-0.05, 0) is 24.6 Å². The van der Waals surface area contributed by atoms with E-state index in [1.807, 2.05) is 31.2 Å². The molecule has 3 aromatic rings. The molecule has 2 N–H and O–H groups in total. The predicted octanol–water partition coefficient (Wildman–Crippen LogP) is 1.70. The van der Waals surface area contributed by atoms with Crippen molar-refractivity contribution in [2.75, 3.05) is 5.73 Å². The zero-order valence-corrected chi connectivity index (χ0v) is 11.6. The van der Waals surface area contributed by atoms with E-state index in [2.05, 4.69) is 10.1 Å². The molecule has 6 heteroatoms. The maximum atomic E-state index is 12.2. The van der Waals surface area contributed by atoms with Crippen molar-refractivity contribution in [2.24, 2.45) is 0 Å². The quantitative estimate of drug-likeness (QED) is 0.741. The van der Waals surface area contributed by atoms with Gasteiger partial charge in [0.15, 0.2) is 0 Å². The van der Waals surface area contributed by atoms with Gasteiger partial charge in [-0.1, -0.05) is 12.1 Å². The number of anilines is 1. The van der Waals surface area contributed by atoms with E-state index < -0.39 is 0 Å². The number of rotatable bonds is 3. The van der Waals surface area contributed by atoms with Gasteiger partial charge in [-0.25, -0.2) is 9.67 Å². The van der Waals surface area contributed by atoms with E-state index in [1.54, 1.807) is 29.4 Å². The summed E-state index contributed by atoms with van der Waals surface area (Å²) in [5, 5.41) is 4.23. The Hall–Kier alpha value is -2.89. The average molecular weight is 281 g/mol. The minimum Gasteiger partial charge on any atom is -0.399 e. The summed E-state index contributed by atoms with van der Waals surface area (Å²) in [5.74, 6) is 0.293. The van der Waals surface area contributed by atoms with Crippen molar-refractivity contribution < 1.29 is 0 Å². The molecule has 0 spiro atoms. The highest BCUT2D eigenvalue weighted by molar-refractivity contribution is 5.64. The summed E-state index contributed by atoms with van der Waals surface area (Å²) in [5.41, 5.74) is 8.12. The topological polar surface area (TPSA) is 78.7 Å². The third-order valence-corrected chi connectivity index (χ3v) is 3.28. The average Bonchev–Trinajstić information content (AvgIpc) is 2.98. The molecule has 0 aliphatic carbocycles. The third kappa shape index (κ3) is 2.43. The predicted molar refractivity (Wildman–Crippen MR) is 81.1 cm³/mol. The first kappa shape index (κ1) is 13.1. The monoisotopic (exact) mass is 281 g/mol. The van der Waals surface area contributed by atoms with Crippen LogP contribution in [0.25, 0.3) is 16.9 Å². The summed E-state index contributed by atoms with van der Waals surface area (Å²) >= 11 is 0. The van der Waals surface area contributed by atoms with Crippen LogP contribution in [0.15, 0.2) is 53.8 Å². The van der Waals surface area contributed by atoms with Crippen LogP contribution in [-0.4, -0.2) is 19.3 Å². The molecule has 0 aliphatic rings. The van der Waals surface area contributed by atoms with Crippen molar-refractivity contribution in [3.8, 4) is 16.9 Å². The third-order valence-electron chi connectivity index (χ3n) is 3.28. The molecule has 2 aromatic heterocycles. The number of nitrogens with two attached hydrogens (primary N) is 1. The molecule has 0 bridgehead atoms. The number of hydrogen-bond donors (Lipinski definition) is 1. The molecule has 2 heterocycles. The lowest BCUT2D eigenvalue weighted by atomic mass is 10.1. The van der Waals surface area contributed by atoms with E-state index in [0.29, 0.717) is 18.1 Å².